The van der Waals surface area contributed by atoms with Crippen molar-refractivity contribution in [3.05, 3.63) is 64.7 Å². The Hall–Kier alpha value is -1.69. The Morgan fingerprint density at radius 1 is 1.12 bits per heavy atom. The lowest BCUT2D eigenvalue weighted by Gasteiger charge is -2.08. The molecule has 0 saturated heterocycles. The fourth-order valence-corrected chi connectivity index (χ4v) is 3.10. The molecule has 2 aromatic carbocycles. The summed E-state index contributed by atoms with van der Waals surface area (Å²) in [6, 6.07) is 15.4. The van der Waals surface area contributed by atoms with Crippen LogP contribution in [-0.2, 0) is 21.8 Å². The molecule has 0 aliphatic heterocycles. The number of amides is 1. The zero-order valence-electron chi connectivity index (χ0n) is 14.2. The van der Waals surface area contributed by atoms with Crippen LogP contribution in [0.1, 0.15) is 11.1 Å². The summed E-state index contributed by atoms with van der Waals surface area (Å²) in [5.74, 6) is 2.00. The summed E-state index contributed by atoms with van der Waals surface area (Å²) in [7, 11) is 1.64. The van der Waals surface area contributed by atoms with Gasteiger partial charge in [0.15, 0.2) is 0 Å². The molecule has 0 spiro atoms. The van der Waals surface area contributed by atoms with Crippen LogP contribution in [0.5, 0.6) is 5.75 Å². The molecule has 0 heterocycles. The molecule has 2 rings (SSSR count). The molecule has 1 N–H and O–H groups in total. The van der Waals surface area contributed by atoms with Crippen molar-refractivity contribution in [2.45, 2.75) is 12.3 Å². The van der Waals surface area contributed by atoms with Crippen LogP contribution in [0, 0.1) is 0 Å². The number of thioether (sulfide) groups is 1. The van der Waals surface area contributed by atoms with Crippen molar-refractivity contribution in [3.8, 4) is 5.75 Å². The fourth-order valence-electron chi connectivity index (χ4n) is 2.09. The third-order valence-electron chi connectivity index (χ3n) is 3.36. The van der Waals surface area contributed by atoms with E-state index < -0.39 is 0 Å². The van der Waals surface area contributed by atoms with Crippen molar-refractivity contribution in [3.63, 3.8) is 0 Å². The predicted octanol–water partition coefficient (Wildman–Crippen LogP) is 3.91. The Bertz CT molecular complexity index is 664. The van der Waals surface area contributed by atoms with Crippen LogP contribution < -0.4 is 10.1 Å². The highest BCUT2D eigenvalue weighted by atomic mass is 35.5. The zero-order chi connectivity index (χ0) is 17.9. The van der Waals surface area contributed by atoms with Gasteiger partial charge in [-0.2, -0.15) is 0 Å². The summed E-state index contributed by atoms with van der Waals surface area (Å²) in [5, 5.41) is 3.64. The standard InChI is InChI=1S/C19H22ClNO3S/c1-23-9-10-24-18-7-5-15(6-8-18)12-21-19(22)14-25-13-16-3-2-4-17(20)11-16/h2-8,11H,9-10,12-14H2,1H3,(H,21,22). The van der Waals surface area contributed by atoms with Crippen molar-refractivity contribution in [2.24, 2.45) is 0 Å². The van der Waals surface area contributed by atoms with E-state index in [1.54, 1.807) is 18.9 Å². The van der Waals surface area contributed by atoms with Gasteiger partial charge in [-0.1, -0.05) is 35.9 Å². The van der Waals surface area contributed by atoms with Crippen LogP contribution in [-0.4, -0.2) is 32.0 Å². The molecule has 0 fully saturated rings. The average Bonchev–Trinajstić information content (AvgIpc) is 2.61. The lowest BCUT2D eigenvalue weighted by atomic mass is 10.2. The van der Waals surface area contributed by atoms with E-state index in [0.717, 1.165) is 27.7 Å². The lowest BCUT2D eigenvalue weighted by Crippen LogP contribution is -2.24. The Morgan fingerprint density at radius 2 is 1.92 bits per heavy atom. The monoisotopic (exact) mass is 379 g/mol. The van der Waals surface area contributed by atoms with Gasteiger partial charge in [0.1, 0.15) is 12.4 Å². The number of methoxy groups -OCH3 is 1. The molecule has 4 nitrogen and oxygen atoms in total. The lowest BCUT2D eigenvalue weighted by molar-refractivity contribution is -0.118. The van der Waals surface area contributed by atoms with Crippen LogP contribution in [0.4, 0.5) is 0 Å². The second kappa shape index (κ2) is 11.0. The molecule has 1 amide bonds. The molecule has 0 saturated carbocycles. The minimum absolute atomic E-state index is 0.0208. The molecule has 0 aliphatic rings. The first-order chi connectivity index (χ1) is 12.2. The van der Waals surface area contributed by atoms with Crippen molar-refractivity contribution < 1.29 is 14.3 Å². The molecule has 2 aromatic rings. The SMILES string of the molecule is COCCOc1ccc(CNC(=O)CSCc2cccc(Cl)c2)cc1. The first-order valence-electron chi connectivity index (χ1n) is 7.97. The Kier molecular flexibility index (Phi) is 8.66. The van der Waals surface area contributed by atoms with E-state index in [2.05, 4.69) is 5.32 Å². The van der Waals surface area contributed by atoms with E-state index in [0.29, 0.717) is 25.5 Å². The molecule has 6 heteroatoms. The van der Waals surface area contributed by atoms with E-state index >= 15 is 0 Å². The smallest absolute Gasteiger partial charge is 0.230 e. The number of benzene rings is 2. The molecular weight excluding hydrogens is 358 g/mol. The van der Waals surface area contributed by atoms with Gasteiger partial charge in [0.2, 0.25) is 5.91 Å². The summed E-state index contributed by atoms with van der Waals surface area (Å²) < 4.78 is 10.4. The second-order valence-electron chi connectivity index (χ2n) is 5.38. The number of hydrogen-bond acceptors (Lipinski definition) is 4. The average molecular weight is 380 g/mol. The maximum Gasteiger partial charge on any atom is 0.230 e. The van der Waals surface area contributed by atoms with E-state index in [4.69, 9.17) is 21.1 Å². The quantitative estimate of drug-likeness (QED) is 0.636. The van der Waals surface area contributed by atoms with E-state index in [-0.39, 0.29) is 5.91 Å². The van der Waals surface area contributed by atoms with Gasteiger partial charge in [-0.15, -0.1) is 11.8 Å². The number of halogens is 1. The maximum atomic E-state index is 11.9. The van der Waals surface area contributed by atoms with Crippen molar-refractivity contribution >= 4 is 29.3 Å². The van der Waals surface area contributed by atoms with Gasteiger partial charge < -0.3 is 14.8 Å². The number of carbonyl (C=O) groups is 1. The van der Waals surface area contributed by atoms with Crippen LogP contribution in [0.25, 0.3) is 0 Å². The normalized spacial score (nSPS) is 10.5. The maximum absolute atomic E-state index is 11.9. The minimum Gasteiger partial charge on any atom is -0.491 e. The molecule has 134 valence electrons. The highest BCUT2D eigenvalue weighted by Crippen LogP contribution is 2.16. The second-order valence-corrected chi connectivity index (χ2v) is 6.81. The van der Waals surface area contributed by atoms with E-state index in [9.17, 15) is 4.79 Å². The summed E-state index contributed by atoms with van der Waals surface area (Å²) in [6.07, 6.45) is 0. The summed E-state index contributed by atoms with van der Waals surface area (Å²) in [6.45, 7) is 1.59. The molecule has 0 atom stereocenters. The van der Waals surface area contributed by atoms with Crippen molar-refractivity contribution in [1.29, 1.82) is 0 Å². The van der Waals surface area contributed by atoms with Gasteiger partial charge >= 0.3 is 0 Å². The Labute approximate surface area is 157 Å². The zero-order valence-corrected chi connectivity index (χ0v) is 15.7. The van der Waals surface area contributed by atoms with Gasteiger partial charge in [0, 0.05) is 24.4 Å². The summed E-state index contributed by atoms with van der Waals surface area (Å²) in [5.41, 5.74) is 2.15. The molecule has 0 unspecified atom stereocenters. The van der Waals surface area contributed by atoms with Crippen LogP contribution in [0.3, 0.4) is 0 Å². The molecule has 0 bridgehead atoms. The summed E-state index contributed by atoms with van der Waals surface area (Å²) >= 11 is 7.52. The Balaban J connectivity index is 1.65. The van der Waals surface area contributed by atoms with Crippen LogP contribution >= 0.6 is 23.4 Å². The summed E-state index contributed by atoms with van der Waals surface area (Å²) in [4.78, 5) is 11.9. The van der Waals surface area contributed by atoms with Gasteiger partial charge in [0.05, 0.1) is 12.4 Å². The minimum atomic E-state index is 0.0208. The fraction of sp³-hybridized carbons (Fsp3) is 0.316. The van der Waals surface area contributed by atoms with Crippen LogP contribution in [0.15, 0.2) is 48.5 Å². The number of nitrogens with one attached hydrogen (secondary N) is 1. The third kappa shape index (κ3) is 7.82. The van der Waals surface area contributed by atoms with Gasteiger partial charge in [-0.25, -0.2) is 0 Å². The van der Waals surface area contributed by atoms with Gasteiger partial charge in [-0.05, 0) is 35.4 Å². The van der Waals surface area contributed by atoms with E-state index in [1.807, 2.05) is 48.5 Å². The first-order valence-corrected chi connectivity index (χ1v) is 9.50. The highest BCUT2D eigenvalue weighted by molar-refractivity contribution is 7.99. The molecule has 0 aliphatic carbocycles. The van der Waals surface area contributed by atoms with Crippen LogP contribution in [0.2, 0.25) is 5.02 Å². The topological polar surface area (TPSA) is 47.6 Å². The Morgan fingerprint density at radius 3 is 2.64 bits per heavy atom. The van der Waals surface area contributed by atoms with Crippen molar-refractivity contribution in [2.75, 3.05) is 26.1 Å². The molecule has 0 aromatic heterocycles. The highest BCUT2D eigenvalue weighted by Gasteiger charge is 2.03. The molecule has 0 radical (unpaired) electrons. The number of hydrogen-bond donors (Lipinski definition) is 1. The number of rotatable bonds is 10. The predicted molar refractivity (Wildman–Crippen MR) is 103 cm³/mol. The third-order valence-corrected chi connectivity index (χ3v) is 4.60. The first kappa shape index (κ1) is 19.6. The largest absolute Gasteiger partial charge is 0.491 e. The van der Waals surface area contributed by atoms with Crippen molar-refractivity contribution in [1.82, 2.24) is 5.32 Å². The molecular formula is C19H22ClNO3S. The van der Waals surface area contributed by atoms with E-state index in [1.165, 1.54) is 0 Å². The number of carbonyl (C=O) groups excluding carboxylic acids is 1. The molecule has 25 heavy (non-hydrogen) atoms. The number of ether oxygens (including phenoxy) is 2. The van der Waals surface area contributed by atoms with Gasteiger partial charge in [-0.3, -0.25) is 4.79 Å². The van der Waals surface area contributed by atoms with Gasteiger partial charge in [0.25, 0.3) is 0 Å².